The molecule has 2 atom stereocenters. The van der Waals surface area contributed by atoms with Gasteiger partial charge < -0.3 is 20.0 Å². The summed E-state index contributed by atoms with van der Waals surface area (Å²) in [6.45, 7) is 0.170. The SMILES string of the molecule is CC(=O)[C@H](OP(=O)(O)O)[C@H](O)CO. The zero-order valence-electron chi connectivity index (χ0n) is 6.82. The molecule has 0 saturated heterocycles. The maximum Gasteiger partial charge on any atom is 0.470 e. The standard InChI is InChI=1S/C5H11O7P/c1-3(7)5(4(8)2-6)12-13(9,10)11/h4-6,8H,2H2,1H3,(H2,9,10,11)/t4-,5+/m1/s1. The summed E-state index contributed by atoms with van der Waals surface area (Å²) in [6, 6.07) is 0. The molecule has 0 saturated carbocycles. The number of phosphoric ester groups is 1. The predicted octanol–water partition coefficient (Wildman–Crippen LogP) is -1.59. The largest absolute Gasteiger partial charge is 0.470 e. The van der Waals surface area contributed by atoms with Crippen LogP contribution in [0.2, 0.25) is 0 Å². The number of aliphatic hydroxyl groups is 2. The lowest BCUT2D eigenvalue weighted by molar-refractivity contribution is -0.131. The van der Waals surface area contributed by atoms with Gasteiger partial charge in [-0.1, -0.05) is 0 Å². The van der Waals surface area contributed by atoms with Gasteiger partial charge in [-0.2, -0.15) is 0 Å². The maximum absolute atomic E-state index is 10.7. The average Bonchev–Trinajstić information content (AvgIpc) is 1.96. The number of hydrogen-bond acceptors (Lipinski definition) is 5. The van der Waals surface area contributed by atoms with Gasteiger partial charge in [0, 0.05) is 0 Å². The Bertz CT molecular complexity index is 221. The highest BCUT2D eigenvalue weighted by Gasteiger charge is 2.31. The second-order valence-corrected chi connectivity index (χ2v) is 3.57. The van der Waals surface area contributed by atoms with Crippen LogP contribution in [0.3, 0.4) is 0 Å². The highest BCUT2D eigenvalue weighted by atomic mass is 31.2. The molecule has 13 heavy (non-hydrogen) atoms. The van der Waals surface area contributed by atoms with Crippen LogP contribution in [0.25, 0.3) is 0 Å². The summed E-state index contributed by atoms with van der Waals surface area (Å²) in [5.41, 5.74) is 0. The Balaban J connectivity index is 4.45. The fourth-order valence-electron chi connectivity index (χ4n) is 0.659. The van der Waals surface area contributed by atoms with Crippen LogP contribution in [0.4, 0.5) is 0 Å². The average molecular weight is 214 g/mol. The first-order valence-electron chi connectivity index (χ1n) is 3.31. The Hall–Kier alpha value is -0.300. The Kier molecular flexibility index (Phi) is 4.69. The number of carbonyl (C=O) groups is 1. The molecule has 0 bridgehead atoms. The Morgan fingerprint density at radius 3 is 2.23 bits per heavy atom. The van der Waals surface area contributed by atoms with E-state index < -0.39 is 32.4 Å². The van der Waals surface area contributed by atoms with Gasteiger partial charge >= 0.3 is 7.82 Å². The molecule has 0 aliphatic heterocycles. The van der Waals surface area contributed by atoms with Crippen molar-refractivity contribution in [2.45, 2.75) is 19.1 Å². The van der Waals surface area contributed by atoms with Crippen molar-refractivity contribution in [1.82, 2.24) is 0 Å². The topological polar surface area (TPSA) is 124 Å². The molecule has 0 radical (unpaired) electrons. The van der Waals surface area contributed by atoms with Crippen LogP contribution in [-0.4, -0.2) is 44.6 Å². The molecular formula is C5H11O7P. The van der Waals surface area contributed by atoms with E-state index in [-0.39, 0.29) is 0 Å². The minimum absolute atomic E-state index is 0.773. The van der Waals surface area contributed by atoms with Crippen molar-refractivity contribution in [1.29, 1.82) is 0 Å². The number of aliphatic hydroxyl groups excluding tert-OH is 2. The molecule has 0 fully saturated rings. The van der Waals surface area contributed by atoms with Crippen LogP contribution >= 0.6 is 7.82 Å². The van der Waals surface area contributed by atoms with E-state index in [0.717, 1.165) is 6.92 Å². The van der Waals surface area contributed by atoms with Gasteiger partial charge in [0.15, 0.2) is 11.9 Å². The molecule has 0 aliphatic carbocycles. The molecule has 0 heterocycles. The van der Waals surface area contributed by atoms with E-state index in [2.05, 4.69) is 4.52 Å². The van der Waals surface area contributed by atoms with Gasteiger partial charge in [-0.15, -0.1) is 0 Å². The first-order chi connectivity index (χ1) is 5.78. The molecular weight excluding hydrogens is 203 g/mol. The zero-order chi connectivity index (χ0) is 10.6. The number of rotatable bonds is 5. The molecule has 7 nitrogen and oxygen atoms in total. The lowest BCUT2D eigenvalue weighted by Crippen LogP contribution is -2.36. The van der Waals surface area contributed by atoms with Crippen LogP contribution in [0.1, 0.15) is 6.92 Å². The normalized spacial score (nSPS) is 16.7. The summed E-state index contributed by atoms with van der Waals surface area (Å²) in [5, 5.41) is 17.3. The fourth-order valence-corrected chi connectivity index (χ4v) is 1.24. The van der Waals surface area contributed by atoms with Gasteiger partial charge in [-0.3, -0.25) is 9.32 Å². The van der Waals surface area contributed by atoms with E-state index in [1.807, 2.05) is 0 Å². The van der Waals surface area contributed by atoms with Crippen LogP contribution < -0.4 is 0 Å². The minimum Gasteiger partial charge on any atom is -0.394 e. The molecule has 78 valence electrons. The third-order valence-corrected chi connectivity index (χ3v) is 1.69. The predicted molar refractivity (Wildman–Crippen MR) is 40.7 cm³/mol. The molecule has 0 amide bonds. The van der Waals surface area contributed by atoms with Crippen LogP contribution in [0.15, 0.2) is 0 Å². The smallest absolute Gasteiger partial charge is 0.394 e. The molecule has 0 unspecified atom stereocenters. The van der Waals surface area contributed by atoms with Crippen molar-refractivity contribution in [3.63, 3.8) is 0 Å². The van der Waals surface area contributed by atoms with Gasteiger partial charge in [0.1, 0.15) is 6.10 Å². The third-order valence-electron chi connectivity index (χ3n) is 1.19. The number of ketones is 1. The van der Waals surface area contributed by atoms with E-state index >= 15 is 0 Å². The summed E-state index contributed by atoms with van der Waals surface area (Å²) in [5.74, 6) is -0.773. The highest BCUT2D eigenvalue weighted by Crippen LogP contribution is 2.38. The minimum atomic E-state index is -4.83. The molecule has 4 N–H and O–H groups in total. The van der Waals surface area contributed by atoms with E-state index in [9.17, 15) is 9.36 Å². The quantitative estimate of drug-likeness (QED) is 0.406. The van der Waals surface area contributed by atoms with Gasteiger partial charge in [0.2, 0.25) is 0 Å². The van der Waals surface area contributed by atoms with E-state index in [1.54, 1.807) is 0 Å². The van der Waals surface area contributed by atoms with Crippen LogP contribution in [-0.2, 0) is 13.9 Å². The summed E-state index contributed by atoms with van der Waals surface area (Å²) in [4.78, 5) is 27.3. The van der Waals surface area contributed by atoms with Crippen LogP contribution in [0, 0.1) is 0 Å². The first kappa shape index (κ1) is 12.7. The van der Waals surface area contributed by atoms with E-state index in [4.69, 9.17) is 20.0 Å². The monoisotopic (exact) mass is 214 g/mol. The highest BCUT2D eigenvalue weighted by molar-refractivity contribution is 7.46. The lowest BCUT2D eigenvalue weighted by atomic mass is 10.1. The van der Waals surface area contributed by atoms with Gasteiger partial charge in [-0.25, -0.2) is 4.57 Å². The van der Waals surface area contributed by atoms with Gasteiger partial charge in [-0.05, 0) is 6.92 Å². The molecule has 0 rings (SSSR count). The molecule has 0 aromatic rings. The first-order valence-corrected chi connectivity index (χ1v) is 4.84. The van der Waals surface area contributed by atoms with Gasteiger partial charge in [0.05, 0.1) is 6.61 Å². The Morgan fingerprint density at radius 2 is 2.00 bits per heavy atom. The van der Waals surface area contributed by atoms with Gasteiger partial charge in [0.25, 0.3) is 0 Å². The summed E-state index contributed by atoms with van der Waals surface area (Å²) in [6.07, 6.45) is -3.34. The maximum atomic E-state index is 10.7. The molecule has 0 aromatic carbocycles. The zero-order valence-corrected chi connectivity index (χ0v) is 7.72. The van der Waals surface area contributed by atoms with Crippen LogP contribution in [0.5, 0.6) is 0 Å². The number of carbonyl (C=O) groups excluding carboxylic acids is 1. The van der Waals surface area contributed by atoms with Crippen molar-refractivity contribution in [3.05, 3.63) is 0 Å². The van der Waals surface area contributed by atoms with E-state index in [1.165, 1.54) is 0 Å². The summed E-state index contributed by atoms with van der Waals surface area (Å²) in [7, 11) is -4.83. The summed E-state index contributed by atoms with van der Waals surface area (Å²) >= 11 is 0. The fraction of sp³-hybridized carbons (Fsp3) is 0.800. The lowest BCUT2D eigenvalue weighted by Gasteiger charge is -2.18. The molecule has 0 aliphatic rings. The van der Waals surface area contributed by atoms with Crippen molar-refractivity contribution >= 4 is 13.6 Å². The molecule has 0 aromatic heterocycles. The Labute approximate surface area is 74.2 Å². The molecule has 0 spiro atoms. The van der Waals surface area contributed by atoms with Crippen molar-refractivity contribution in [2.75, 3.05) is 6.61 Å². The molecule has 8 heteroatoms. The number of phosphoric acid groups is 1. The second kappa shape index (κ2) is 4.80. The van der Waals surface area contributed by atoms with Crippen molar-refractivity contribution in [3.8, 4) is 0 Å². The summed E-state index contributed by atoms with van der Waals surface area (Å²) < 4.78 is 14.3. The number of hydrogen-bond donors (Lipinski definition) is 4. The van der Waals surface area contributed by atoms with E-state index in [0.29, 0.717) is 0 Å². The number of Topliss-reactive ketones (excluding diaryl/α,β-unsaturated/α-hetero) is 1. The van der Waals surface area contributed by atoms with Crippen molar-refractivity contribution in [2.24, 2.45) is 0 Å². The second-order valence-electron chi connectivity index (χ2n) is 2.38. The Morgan fingerprint density at radius 1 is 1.54 bits per heavy atom. The third kappa shape index (κ3) is 5.09. The van der Waals surface area contributed by atoms with Crippen molar-refractivity contribution < 1.29 is 33.9 Å².